The van der Waals surface area contributed by atoms with Crippen molar-refractivity contribution in [2.45, 2.75) is 18.9 Å². The van der Waals surface area contributed by atoms with Gasteiger partial charge in [0.25, 0.3) is 0 Å². The van der Waals surface area contributed by atoms with E-state index in [9.17, 15) is 14.4 Å². The van der Waals surface area contributed by atoms with E-state index in [2.05, 4.69) is 5.73 Å². The average molecular weight is 254 g/mol. The number of urea groups is 1. The van der Waals surface area contributed by atoms with Gasteiger partial charge in [-0.05, 0) is 6.42 Å². The van der Waals surface area contributed by atoms with Gasteiger partial charge in [-0.25, -0.2) is 9.59 Å². The maximum Gasteiger partial charge on any atom is 0.326 e. The van der Waals surface area contributed by atoms with E-state index in [1.165, 1.54) is 0 Å². The molecule has 1 atom stereocenters. The SMILES string of the molecule is NC(=O)N[C@@H](CCC(=O)O)C(=O)O.[Cu]. The maximum absolute atomic E-state index is 10.4. The number of hydrogen-bond acceptors (Lipinski definition) is 3. The van der Waals surface area contributed by atoms with Crippen molar-refractivity contribution in [3.05, 3.63) is 0 Å². The second kappa shape index (κ2) is 7.16. The Labute approximate surface area is 90.1 Å². The summed E-state index contributed by atoms with van der Waals surface area (Å²) in [6.07, 6.45) is -0.523. The molecular weight excluding hydrogens is 244 g/mol. The number of carboxylic acid groups (broad SMARTS) is 2. The van der Waals surface area contributed by atoms with Crippen molar-refractivity contribution in [3.63, 3.8) is 0 Å². The molecule has 1 radical (unpaired) electrons. The summed E-state index contributed by atoms with van der Waals surface area (Å²) in [7, 11) is 0. The molecule has 0 aliphatic heterocycles. The Morgan fingerprint density at radius 2 is 1.79 bits per heavy atom. The molecule has 0 heterocycles. The van der Waals surface area contributed by atoms with E-state index in [0.717, 1.165) is 0 Å². The zero-order valence-corrected chi connectivity index (χ0v) is 7.93. The second-order valence-corrected chi connectivity index (χ2v) is 2.33. The number of primary amides is 1. The zero-order valence-electron chi connectivity index (χ0n) is 6.99. The normalized spacial score (nSPS) is 10.9. The molecule has 0 aliphatic carbocycles. The monoisotopic (exact) mass is 253 g/mol. The van der Waals surface area contributed by atoms with Gasteiger partial charge in [-0.1, -0.05) is 0 Å². The topological polar surface area (TPSA) is 130 Å². The number of carbonyl (C=O) groups is 3. The molecule has 5 N–H and O–H groups in total. The summed E-state index contributed by atoms with van der Waals surface area (Å²) in [6, 6.07) is -2.23. The van der Waals surface area contributed by atoms with Crippen LogP contribution in [0.1, 0.15) is 12.8 Å². The van der Waals surface area contributed by atoms with Crippen LogP contribution in [0.4, 0.5) is 4.79 Å². The molecule has 7 nitrogen and oxygen atoms in total. The first-order valence-corrected chi connectivity index (χ1v) is 3.44. The van der Waals surface area contributed by atoms with Crippen LogP contribution in [-0.4, -0.2) is 34.2 Å². The van der Waals surface area contributed by atoms with Gasteiger partial charge in [0, 0.05) is 23.5 Å². The fraction of sp³-hybridized carbons (Fsp3) is 0.500. The summed E-state index contributed by atoms with van der Waals surface area (Å²) >= 11 is 0. The predicted molar refractivity (Wildman–Crippen MR) is 41.0 cm³/mol. The Morgan fingerprint density at radius 1 is 1.29 bits per heavy atom. The Kier molecular flexibility index (Phi) is 7.78. The average Bonchev–Trinajstić information content (AvgIpc) is 1.96. The first-order valence-electron chi connectivity index (χ1n) is 3.44. The molecular formula is C6H10CuN2O5. The molecule has 0 rings (SSSR count). The number of hydrogen-bond donors (Lipinski definition) is 4. The van der Waals surface area contributed by atoms with E-state index < -0.39 is 24.0 Å². The van der Waals surface area contributed by atoms with E-state index in [4.69, 9.17) is 10.2 Å². The molecule has 0 aromatic rings. The fourth-order valence-corrected chi connectivity index (χ4v) is 0.697. The molecule has 0 spiro atoms. The van der Waals surface area contributed by atoms with Gasteiger partial charge in [0.05, 0.1) is 0 Å². The molecule has 14 heavy (non-hydrogen) atoms. The van der Waals surface area contributed by atoms with Gasteiger partial charge in [0.2, 0.25) is 0 Å². The molecule has 0 bridgehead atoms. The minimum Gasteiger partial charge on any atom is -0.481 e. The van der Waals surface area contributed by atoms with Crippen LogP contribution in [0.5, 0.6) is 0 Å². The van der Waals surface area contributed by atoms with E-state index in [-0.39, 0.29) is 29.9 Å². The second-order valence-electron chi connectivity index (χ2n) is 2.33. The molecule has 0 fully saturated rings. The number of nitrogens with one attached hydrogen (secondary N) is 1. The number of carbonyl (C=O) groups excluding carboxylic acids is 1. The summed E-state index contributed by atoms with van der Waals surface area (Å²) in [5.74, 6) is -2.43. The van der Waals surface area contributed by atoms with Gasteiger partial charge in [-0.3, -0.25) is 4.79 Å². The third kappa shape index (κ3) is 7.38. The van der Waals surface area contributed by atoms with Gasteiger partial charge in [-0.2, -0.15) is 0 Å². The van der Waals surface area contributed by atoms with Crippen molar-refractivity contribution < 1.29 is 41.7 Å². The first kappa shape index (κ1) is 15.2. The Bertz CT molecular complexity index is 232. The summed E-state index contributed by atoms with van der Waals surface area (Å²) in [6.45, 7) is 0. The Morgan fingerprint density at radius 3 is 2.07 bits per heavy atom. The molecule has 0 aromatic heterocycles. The molecule has 2 amide bonds. The molecule has 0 unspecified atom stereocenters. The van der Waals surface area contributed by atoms with Gasteiger partial charge in [-0.15, -0.1) is 0 Å². The van der Waals surface area contributed by atoms with Gasteiger partial charge in [0.15, 0.2) is 0 Å². The van der Waals surface area contributed by atoms with Crippen LogP contribution in [0.3, 0.4) is 0 Å². The Hall–Kier alpha value is -1.27. The number of rotatable bonds is 5. The summed E-state index contributed by atoms with van der Waals surface area (Å²) < 4.78 is 0. The number of aliphatic carboxylic acids is 2. The summed E-state index contributed by atoms with van der Waals surface area (Å²) in [4.78, 5) is 30.7. The number of nitrogens with two attached hydrogens (primary N) is 1. The van der Waals surface area contributed by atoms with Crippen LogP contribution in [0, 0.1) is 0 Å². The van der Waals surface area contributed by atoms with E-state index >= 15 is 0 Å². The van der Waals surface area contributed by atoms with E-state index in [1.54, 1.807) is 0 Å². The first-order chi connectivity index (χ1) is 5.93. The van der Waals surface area contributed by atoms with Crippen LogP contribution < -0.4 is 11.1 Å². The van der Waals surface area contributed by atoms with Gasteiger partial charge < -0.3 is 21.3 Å². The van der Waals surface area contributed by atoms with Crippen LogP contribution in [0.25, 0.3) is 0 Å². The third-order valence-electron chi connectivity index (χ3n) is 1.26. The van der Waals surface area contributed by atoms with Crippen LogP contribution in [0.2, 0.25) is 0 Å². The van der Waals surface area contributed by atoms with Crippen molar-refractivity contribution in [1.29, 1.82) is 0 Å². The standard InChI is InChI=1S/C6H10N2O5.Cu/c7-6(13)8-3(5(11)12)1-2-4(9)10;/h3H,1-2H2,(H,9,10)(H,11,12)(H3,7,8,13);/t3-;/m0./s1. The molecule has 8 heteroatoms. The summed E-state index contributed by atoms with van der Waals surface area (Å²) in [5, 5.41) is 18.6. The molecule has 0 aromatic carbocycles. The number of carboxylic acids is 2. The molecule has 0 saturated carbocycles. The van der Waals surface area contributed by atoms with Crippen LogP contribution >= 0.6 is 0 Å². The molecule has 0 aliphatic rings. The Balaban J connectivity index is 0. The van der Waals surface area contributed by atoms with Crippen molar-refractivity contribution in [2.24, 2.45) is 5.73 Å². The zero-order chi connectivity index (χ0) is 10.4. The van der Waals surface area contributed by atoms with Crippen LogP contribution in [0.15, 0.2) is 0 Å². The van der Waals surface area contributed by atoms with Crippen LogP contribution in [-0.2, 0) is 26.7 Å². The van der Waals surface area contributed by atoms with E-state index in [0.29, 0.717) is 0 Å². The van der Waals surface area contributed by atoms with Gasteiger partial charge in [0.1, 0.15) is 6.04 Å². The largest absolute Gasteiger partial charge is 0.481 e. The molecule has 85 valence electrons. The summed E-state index contributed by atoms with van der Waals surface area (Å²) in [5.41, 5.74) is 4.68. The van der Waals surface area contributed by atoms with Crippen molar-refractivity contribution >= 4 is 18.0 Å². The molecule has 0 saturated heterocycles. The third-order valence-corrected chi connectivity index (χ3v) is 1.26. The fourth-order valence-electron chi connectivity index (χ4n) is 0.697. The predicted octanol–water partition coefficient (Wildman–Crippen LogP) is -1.03. The minimum atomic E-state index is -1.31. The minimum absolute atomic E-state index is 0. The van der Waals surface area contributed by atoms with Crippen molar-refractivity contribution in [3.8, 4) is 0 Å². The quantitative estimate of drug-likeness (QED) is 0.466. The van der Waals surface area contributed by atoms with Crippen molar-refractivity contribution in [2.75, 3.05) is 0 Å². The smallest absolute Gasteiger partial charge is 0.326 e. The number of amides is 2. The maximum atomic E-state index is 10.4. The van der Waals surface area contributed by atoms with E-state index in [1.807, 2.05) is 5.32 Å². The van der Waals surface area contributed by atoms with Gasteiger partial charge >= 0.3 is 18.0 Å². The van der Waals surface area contributed by atoms with Crippen molar-refractivity contribution in [1.82, 2.24) is 5.32 Å².